The van der Waals surface area contributed by atoms with Crippen molar-refractivity contribution in [3.8, 4) is 5.69 Å². The van der Waals surface area contributed by atoms with E-state index in [1.807, 2.05) is 18.2 Å². The number of anilines is 1. The molecule has 0 bridgehead atoms. The van der Waals surface area contributed by atoms with Crippen LogP contribution in [0.15, 0.2) is 89.3 Å². The summed E-state index contributed by atoms with van der Waals surface area (Å²) in [6.07, 6.45) is 0. The number of nitrogens with zero attached hydrogens (tertiary/aromatic N) is 1. The maximum atomic E-state index is 6.18. The Labute approximate surface area is 155 Å². The van der Waals surface area contributed by atoms with Gasteiger partial charge in [0.1, 0.15) is 11.2 Å². The van der Waals surface area contributed by atoms with E-state index >= 15 is 0 Å². The Hall–Kier alpha value is -3.72. The van der Waals surface area contributed by atoms with E-state index in [4.69, 9.17) is 10.2 Å². The normalized spacial score (nSPS) is 11.9. The fourth-order valence-electron chi connectivity index (χ4n) is 4.18. The van der Waals surface area contributed by atoms with Crippen molar-refractivity contribution in [3.63, 3.8) is 0 Å². The maximum absolute atomic E-state index is 6.18. The van der Waals surface area contributed by atoms with Crippen LogP contribution in [0.5, 0.6) is 0 Å². The van der Waals surface area contributed by atoms with Crippen molar-refractivity contribution >= 4 is 49.4 Å². The van der Waals surface area contributed by atoms with Crippen LogP contribution in [0.1, 0.15) is 0 Å². The van der Waals surface area contributed by atoms with E-state index in [0.717, 1.165) is 33.3 Å². The van der Waals surface area contributed by atoms with Crippen LogP contribution in [0.2, 0.25) is 0 Å². The van der Waals surface area contributed by atoms with Crippen molar-refractivity contribution in [2.45, 2.75) is 0 Å². The van der Waals surface area contributed by atoms with E-state index in [1.54, 1.807) is 0 Å². The molecule has 0 spiro atoms. The number of rotatable bonds is 1. The lowest BCUT2D eigenvalue weighted by atomic mass is 10.1. The number of furan rings is 1. The van der Waals surface area contributed by atoms with Gasteiger partial charge in [0.15, 0.2) is 0 Å². The molecule has 0 saturated heterocycles. The van der Waals surface area contributed by atoms with Crippen molar-refractivity contribution in [2.75, 3.05) is 5.73 Å². The zero-order valence-corrected chi connectivity index (χ0v) is 14.5. The second-order valence-corrected chi connectivity index (χ2v) is 6.87. The van der Waals surface area contributed by atoms with Gasteiger partial charge in [-0.2, -0.15) is 0 Å². The van der Waals surface area contributed by atoms with Crippen LogP contribution in [-0.4, -0.2) is 4.57 Å². The lowest BCUT2D eigenvalue weighted by Gasteiger charge is -2.07. The molecule has 0 saturated carbocycles. The van der Waals surface area contributed by atoms with E-state index in [0.29, 0.717) is 0 Å². The van der Waals surface area contributed by atoms with Crippen LogP contribution >= 0.6 is 0 Å². The Morgan fingerprint density at radius 3 is 2.07 bits per heavy atom. The molecule has 2 heterocycles. The molecule has 0 fully saturated rings. The van der Waals surface area contributed by atoms with Gasteiger partial charge in [0.25, 0.3) is 0 Å². The summed E-state index contributed by atoms with van der Waals surface area (Å²) >= 11 is 0. The van der Waals surface area contributed by atoms with Crippen molar-refractivity contribution in [1.29, 1.82) is 0 Å². The van der Waals surface area contributed by atoms with Crippen LogP contribution in [-0.2, 0) is 0 Å². The molecule has 27 heavy (non-hydrogen) atoms. The highest BCUT2D eigenvalue weighted by Gasteiger charge is 2.14. The summed E-state index contributed by atoms with van der Waals surface area (Å²) in [6.45, 7) is 0. The Morgan fingerprint density at radius 2 is 1.33 bits per heavy atom. The molecule has 6 aromatic rings. The summed E-state index contributed by atoms with van der Waals surface area (Å²) < 4.78 is 8.40. The zero-order valence-electron chi connectivity index (χ0n) is 14.5. The van der Waals surface area contributed by atoms with Gasteiger partial charge in [-0.05, 0) is 36.4 Å². The van der Waals surface area contributed by atoms with E-state index in [-0.39, 0.29) is 0 Å². The van der Waals surface area contributed by atoms with E-state index in [2.05, 4.69) is 71.3 Å². The first-order valence-electron chi connectivity index (χ1n) is 9.00. The molecule has 3 heteroatoms. The first-order valence-corrected chi connectivity index (χ1v) is 9.00. The minimum absolute atomic E-state index is 0.746. The molecular formula is C24H16N2O. The first kappa shape index (κ1) is 14.4. The number of nitrogens with two attached hydrogens (primary N) is 1. The largest absolute Gasteiger partial charge is 0.456 e. The third-order valence-electron chi connectivity index (χ3n) is 5.35. The van der Waals surface area contributed by atoms with Crippen molar-refractivity contribution in [2.24, 2.45) is 0 Å². The van der Waals surface area contributed by atoms with Crippen LogP contribution in [0.4, 0.5) is 5.69 Å². The zero-order chi connectivity index (χ0) is 18.0. The summed E-state index contributed by atoms with van der Waals surface area (Å²) in [7, 11) is 0. The molecule has 0 aliphatic carbocycles. The minimum Gasteiger partial charge on any atom is -0.456 e. The Bertz CT molecular complexity index is 1430. The molecule has 2 N–H and O–H groups in total. The molecule has 0 radical (unpaired) electrons. The molecule has 128 valence electrons. The average Bonchev–Trinajstić information content (AvgIpc) is 3.24. The van der Waals surface area contributed by atoms with Gasteiger partial charge in [-0.3, -0.25) is 0 Å². The number of fused-ring (bicyclic) bond motifs is 6. The fraction of sp³-hybridized carbons (Fsp3) is 0. The van der Waals surface area contributed by atoms with Gasteiger partial charge in [-0.15, -0.1) is 0 Å². The summed E-state index contributed by atoms with van der Waals surface area (Å²) in [4.78, 5) is 0. The first-order chi connectivity index (χ1) is 13.3. The Morgan fingerprint density at radius 1 is 0.630 bits per heavy atom. The lowest BCUT2D eigenvalue weighted by Crippen LogP contribution is -1.93. The van der Waals surface area contributed by atoms with Crippen molar-refractivity contribution in [3.05, 3.63) is 84.9 Å². The SMILES string of the molecule is Nc1cccc2oc3cc(-n4c5ccccc5c5ccccc54)ccc3c12. The topological polar surface area (TPSA) is 44.1 Å². The molecule has 0 amide bonds. The van der Waals surface area contributed by atoms with Crippen LogP contribution in [0, 0.1) is 0 Å². The van der Waals surface area contributed by atoms with E-state index < -0.39 is 0 Å². The molecule has 3 nitrogen and oxygen atoms in total. The summed E-state index contributed by atoms with van der Waals surface area (Å²) in [5.74, 6) is 0. The molecule has 4 aromatic carbocycles. The standard InChI is InChI=1S/C24H16N2O/c25-19-8-5-11-22-24(19)18-13-12-15(14-23(18)27-22)26-20-9-3-1-6-16(20)17-7-2-4-10-21(17)26/h1-14H,25H2. The summed E-state index contributed by atoms with van der Waals surface area (Å²) in [6, 6.07) is 29.2. The molecule has 2 aromatic heterocycles. The molecule has 0 aliphatic rings. The van der Waals surface area contributed by atoms with Gasteiger partial charge < -0.3 is 14.7 Å². The number of nitrogen functional groups attached to an aromatic ring is 1. The summed E-state index contributed by atoms with van der Waals surface area (Å²) in [5, 5.41) is 4.54. The number of benzene rings is 4. The van der Waals surface area contributed by atoms with Gasteiger partial charge >= 0.3 is 0 Å². The molecular weight excluding hydrogens is 332 g/mol. The summed E-state index contributed by atoms with van der Waals surface area (Å²) in [5.41, 5.74) is 12.1. The van der Waals surface area contributed by atoms with Gasteiger partial charge in [-0.1, -0.05) is 42.5 Å². The second kappa shape index (κ2) is 5.15. The Kier molecular flexibility index (Phi) is 2.75. The van der Waals surface area contributed by atoms with Crippen LogP contribution in [0.25, 0.3) is 49.4 Å². The van der Waals surface area contributed by atoms with Gasteiger partial charge in [0.05, 0.1) is 16.4 Å². The van der Waals surface area contributed by atoms with Gasteiger partial charge in [0.2, 0.25) is 0 Å². The van der Waals surface area contributed by atoms with Gasteiger partial charge in [0, 0.05) is 33.6 Å². The van der Waals surface area contributed by atoms with Crippen molar-refractivity contribution < 1.29 is 4.42 Å². The number of hydrogen-bond donors (Lipinski definition) is 1. The van der Waals surface area contributed by atoms with Crippen LogP contribution in [0.3, 0.4) is 0 Å². The highest BCUT2D eigenvalue weighted by molar-refractivity contribution is 6.12. The lowest BCUT2D eigenvalue weighted by molar-refractivity contribution is 0.669. The van der Waals surface area contributed by atoms with Crippen LogP contribution < -0.4 is 5.73 Å². The molecule has 0 unspecified atom stereocenters. The number of para-hydroxylation sites is 2. The third kappa shape index (κ3) is 1.91. The Balaban J connectivity index is 1.72. The smallest absolute Gasteiger partial charge is 0.137 e. The second-order valence-electron chi connectivity index (χ2n) is 6.87. The highest BCUT2D eigenvalue weighted by atomic mass is 16.3. The predicted octanol–water partition coefficient (Wildman–Crippen LogP) is 6.27. The minimum atomic E-state index is 0.746. The maximum Gasteiger partial charge on any atom is 0.137 e. The molecule has 0 aliphatic heterocycles. The van der Waals surface area contributed by atoms with Crippen molar-refractivity contribution in [1.82, 2.24) is 4.57 Å². The number of hydrogen-bond acceptors (Lipinski definition) is 2. The van der Waals surface area contributed by atoms with E-state index in [1.165, 1.54) is 21.8 Å². The molecule has 0 atom stereocenters. The number of aromatic nitrogens is 1. The highest BCUT2D eigenvalue weighted by Crippen LogP contribution is 2.36. The predicted molar refractivity (Wildman–Crippen MR) is 112 cm³/mol. The van der Waals surface area contributed by atoms with E-state index in [9.17, 15) is 0 Å². The average molecular weight is 348 g/mol. The molecule has 6 rings (SSSR count). The third-order valence-corrected chi connectivity index (χ3v) is 5.35. The van der Waals surface area contributed by atoms with Gasteiger partial charge in [-0.25, -0.2) is 0 Å². The quantitative estimate of drug-likeness (QED) is 0.356. The fourth-order valence-corrected chi connectivity index (χ4v) is 4.18. The monoisotopic (exact) mass is 348 g/mol.